The van der Waals surface area contributed by atoms with Gasteiger partial charge in [-0.3, -0.25) is 9.69 Å². The SMILES string of the molecule is O=C(CN1CCCC(NS(=O)(=O)c2cccc(F)c2)C1)NCCCc1ccccc1. The van der Waals surface area contributed by atoms with E-state index in [0.29, 0.717) is 19.5 Å². The maximum Gasteiger partial charge on any atom is 0.240 e. The number of halogens is 1. The summed E-state index contributed by atoms with van der Waals surface area (Å²) < 4.78 is 41.0. The second-order valence-corrected chi connectivity index (χ2v) is 9.31. The third-order valence-electron chi connectivity index (χ3n) is 5.11. The van der Waals surface area contributed by atoms with E-state index in [0.717, 1.165) is 31.9 Å². The van der Waals surface area contributed by atoms with E-state index in [-0.39, 0.29) is 23.4 Å². The second kappa shape index (κ2) is 10.7. The molecule has 0 aliphatic carbocycles. The Morgan fingerprint density at radius 3 is 2.70 bits per heavy atom. The van der Waals surface area contributed by atoms with E-state index in [9.17, 15) is 17.6 Å². The summed E-state index contributed by atoms with van der Waals surface area (Å²) in [6.45, 7) is 2.04. The minimum Gasteiger partial charge on any atom is -0.355 e. The molecule has 3 rings (SSSR count). The molecule has 1 aliphatic rings. The summed E-state index contributed by atoms with van der Waals surface area (Å²) in [6.07, 6.45) is 3.25. The molecular weight excluding hydrogens is 405 g/mol. The van der Waals surface area contributed by atoms with Crippen LogP contribution in [0, 0.1) is 5.82 Å². The summed E-state index contributed by atoms with van der Waals surface area (Å²) in [7, 11) is -3.80. The van der Waals surface area contributed by atoms with Crippen molar-refractivity contribution in [2.75, 3.05) is 26.2 Å². The van der Waals surface area contributed by atoms with Crippen molar-refractivity contribution < 1.29 is 17.6 Å². The molecule has 0 bridgehead atoms. The number of likely N-dealkylation sites (tertiary alicyclic amines) is 1. The average molecular weight is 434 g/mol. The van der Waals surface area contributed by atoms with Crippen LogP contribution in [0.3, 0.4) is 0 Å². The normalized spacial score (nSPS) is 17.6. The van der Waals surface area contributed by atoms with Crippen molar-refractivity contribution in [3.05, 3.63) is 66.0 Å². The molecule has 0 saturated carbocycles. The van der Waals surface area contributed by atoms with Crippen molar-refractivity contribution in [2.45, 2.75) is 36.6 Å². The quantitative estimate of drug-likeness (QED) is 0.595. The Morgan fingerprint density at radius 1 is 1.13 bits per heavy atom. The van der Waals surface area contributed by atoms with Crippen LogP contribution in [0.25, 0.3) is 0 Å². The van der Waals surface area contributed by atoms with Gasteiger partial charge in [-0.25, -0.2) is 17.5 Å². The molecule has 8 heteroatoms. The Morgan fingerprint density at radius 2 is 1.93 bits per heavy atom. The Hall–Kier alpha value is -2.29. The van der Waals surface area contributed by atoms with Gasteiger partial charge in [0.05, 0.1) is 11.4 Å². The Labute approximate surface area is 177 Å². The van der Waals surface area contributed by atoms with Crippen LogP contribution in [0.1, 0.15) is 24.8 Å². The molecule has 2 N–H and O–H groups in total. The summed E-state index contributed by atoms with van der Waals surface area (Å²) in [5, 5.41) is 2.93. The number of carbonyl (C=O) groups is 1. The topological polar surface area (TPSA) is 78.5 Å². The number of amides is 1. The van der Waals surface area contributed by atoms with Gasteiger partial charge in [0.15, 0.2) is 0 Å². The van der Waals surface area contributed by atoms with Crippen molar-refractivity contribution in [3.63, 3.8) is 0 Å². The highest BCUT2D eigenvalue weighted by molar-refractivity contribution is 7.89. The molecule has 0 spiro atoms. The molecule has 6 nitrogen and oxygen atoms in total. The van der Waals surface area contributed by atoms with E-state index in [2.05, 4.69) is 22.2 Å². The summed E-state index contributed by atoms with van der Waals surface area (Å²) in [6, 6.07) is 14.8. The van der Waals surface area contributed by atoms with Crippen LogP contribution < -0.4 is 10.0 Å². The molecule has 0 aromatic heterocycles. The zero-order chi connectivity index (χ0) is 21.4. The standard InChI is InChI=1S/C22H28FN3O3S/c23-19-10-4-12-21(15-19)30(28,29)25-20-11-6-14-26(16-20)17-22(27)24-13-5-9-18-7-2-1-3-8-18/h1-4,7-8,10,12,15,20,25H,5-6,9,11,13-14,16-17H2,(H,24,27). The van der Waals surface area contributed by atoms with Gasteiger partial charge in [0.1, 0.15) is 5.82 Å². The first kappa shape index (κ1) is 22.4. The van der Waals surface area contributed by atoms with Crippen LogP contribution in [-0.4, -0.2) is 51.4 Å². The lowest BCUT2D eigenvalue weighted by molar-refractivity contribution is -0.122. The zero-order valence-corrected chi connectivity index (χ0v) is 17.7. The Kier molecular flexibility index (Phi) is 7.95. The van der Waals surface area contributed by atoms with Crippen molar-refractivity contribution in [1.82, 2.24) is 14.9 Å². The second-order valence-electron chi connectivity index (χ2n) is 7.59. The lowest BCUT2D eigenvalue weighted by Gasteiger charge is -2.32. The highest BCUT2D eigenvalue weighted by Gasteiger charge is 2.26. The molecule has 1 unspecified atom stereocenters. The lowest BCUT2D eigenvalue weighted by atomic mass is 10.1. The summed E-state index contributed by atoms with van der Waals surface area (Å²) in [5.41, 5.74) is 1.25. The predicted octanol–water partition coefficient (Wildman–Crippen LogP) is 2.32. The number of nitrogens with zero attached hydrogens (tertiary/aromatic N) is 1. The molecule has 162 valence electrons. The van der Waals surface area contributed by atoms with Gasteiger partial charge in [0.2, 0.25) is 15.9 Å². The summed E-state index contributed by atoms with van der Waals surface area (Å²) in [4.78, 5) is 14.1. The number of nitrogens with one attached hydrogen (secondary N) is 2. The highest BCUT2D eigenvalue weighted by Crippen LogP contribution is 2.15. The molecule has 1 saturated heterocycles. The third kappa shape index (κ3) is 6.90. The van der Waals surface area contributed by atoms with Crippen molar-refractivity contribution in [2.24, 2.45) is 0 Å². The van der Waals surface area contributed by atoms with Gasteiger partial charge < -0.3 is 5.32 Å². The molecule has 1 fully saturated rings. The summed E-state index contributed by atoms with van der Waals surface area (Å²) >= 11 is 0. The zero-order valence-electron chi connectivity index (χ0n) is 16.9. The van der Waals surface area contributed by atoms with Crippen LogP contribution in [0.4, 0.5) is 4.39 Å². The van der Waals surface area contributed by atoms with E-state index in [1.807, 2.05) is 23.1 Å². The van der Waals surface area contributed by atoms with Gasteiger partial charge in [0.25, 0.3) is 0 Å². The monoisotopic (exact) mass is 433 g/mol. The van der Waals surface area contributed by atoms with Crippen LogP contribution >= 0.6 is 0 Å². The Balaban J connectivity index is 1.42. The van der Waals surface area contributed by atoms with Gasteiger partial charge >= 0.3 is 0 Å². The van der Waals surface area contributed by atoms with Crippen LogP contribution in [-0.2, 0) is 21.2 Å². The molecule has 1 amide bonds. The molecule has 1 aliphatic heterocycles. The van der Waals surface area contributed by atoms with Gasteiger partial charge in [-0.15, -0.1) is 0 Å². The number of rotatable bonds is 9. The van der Waals surface area contributed by atoms with Crippen molar-refractivity contribution in [3.8, 4) is 0 Å². The Bertz CT molecular complexity index is 938. The number of aryl methyl sites for hydroxylation is 1. The minimum atomic E-state index is -3.80. The molecule has 30 heavy (non-hydrogen) atoms. The fraction of sp³-hybridized carbons (Fsp3) is 0.409. The number of sulfonamides is 1. The van der Waals surface area contributed by atoms with Gasteiger partial charge in [0, 0.05) is 19.1 Å². The smallest absolute Gasteiger partial charge is 0.240 e. The number of piperidine rings is 1. The van der Waals surface area contributed by atoms with Gasteiger partial charge in [-0.2, -0.15) is 0 Å². The number of benzene rings is 2. The maximum atomic E-state index is 13.4. The molecule has 2 aromatic rings. The predicted molar refractivity (Wildman–Crippen MR) is 114 cm³/mol. The number of carbonyl (C=O) groups excluding carboxylic acids is 1. The van der Waals surface area contributed by atoms with E-state index in [4.69, 9.17) is 0 Å². The maximum absolute atomic E-state index is 13.4. The van der Waals surface area contributed by atoms with Crippen molar-refractivity contribution >= 4 is 15.9 Å². The van der Waals surface area contributed by atoms with Gasteiger partial charge in [-0.05, 0) is 56.0 Å². The van der Waals surface area contributed by atoms with Crippen LogP contribution in [0.2, 0.25) is 0 Å². The molecule has 1 heterocycles. The van der Waals surface area contributed by atoms with E-state index in [1.54, 1.807) is 0 Å². The highest BCUT2D eigenvalue weighted by atomic mass is 32.2. The average Bonchev–Trinajstić information content (AvgIpc) is 2.72. The first-order valence-electron chi connectivity index (χ1n) is 10.2. The van der Waals surface area contributed by atoms with Gasteiger partial charge in [-0.1, -0.05) is 36.4 Å². The fourth-order valence-electron chi connectivity index (χ4n) is 3.64. The third-order valence-corrected chi connectivity index (χ3v) is 6.63. The minimum absolute atomic E-state index is 0.0586. The molecule has 2 aromatic carbocycles. The fourth-order valence-corrected chi connectivity index (χ4v) is 4.93. The lowest BCUT2D eigenvalue weighted by Crippen LogP contribution is -2.50. The van der Waals surface area contributed by atoms with E-state index >= 15 is 0 Å². The largest absolute Gasteiger partial charge is 0.355 e. The first-order chi connectivity index (χ1) is 14.4. The molecule has 1 atom stereocenters. The van der Waals surface area contributed by atoms with Crippen LogP contribution in [0.15, 0.2) is 59.5 Å². The summed E-state index contributed by atoms with van der Waals surface area (Å²) in [5.74, 6) is -0.649. The first-order valence-corrected chi connectivity index (χ1v) is 11.7. The molecular formula is C22H28FN3O3S. The number of hydrogen-bond acceptors (Lipinski definition) is 4. The molecule has 0 radical (unpaired) electrons. The number of hydrogen-bond donors (Lipinski definition) is 2. The van der Waals surface area contributed by atoms with Crippen molar-refractivity contribution in [1.29, 1.82) is 0 Å². The van der Waals surface area contributed by atoms with E-state index in [1.165, 1.54) is 23.8 Å². The van der Waals surface area contributed by atoms with Crippen LogP contribution in [0.5, 0.6) is 0 Å². The van der Waals surface area contributed by atoms with E-state index < -0.39 is 15.8 Å².